The van der Waals surface area contributed by atoms with Gasteiger partial charge in [0.15, 0.2) is 0 Å². The van der Waals surface area contributed by atoms with E-state index in [0.29, 0.717) is 24.5 Å². The molecule has 1 aromatic heterocycles. The van der Waals surface area contributed by atoms with Crippen molar-refractivity contribution >= 4 is 17.1 Å². The van der Waals surface area contributed by atoms with Gasteiger partial charge >= 0.3 is 0 Å². The van der Waals surface area contributed by atoms with Crippen molar-refractivity contribution in [2.45, 2.75) is 38.0 Å². The molecule has 0 N–H and O–H groups in total. The molecule has 0 saturated heterocycles. The molecule has 0 aliphatic heterocycles. The van der Waals surface area contributed by atoms with Gasteiger partial charge in [0, 0.05) is 17.7 Å². The summed E-state index contributed by atoms with van der Waals surface area (Å²) < 4.78 is 0. The second-order valence-corrected chi connectivity index (χ2v) is 6.32. The molecule has 0 saturated carbocycles. The number of Topliss-reactive ketones (excluding diaryl/α,β-unsaturated/α-hetero) is 1. The zero-order valence-corrected chi connectivity index (χ0v) is 11.8. The van der Waals surface area contributed by atoms with Crippen LogP contribution in [0.2, 0.25) is 0 Å². The maximum Gasteiger partial charge on any atom is 0.138 e. The lowest BCUT2D eigenvalue weighted by molar-refractivity contribution is -0.118. The summed E-state index contributed by atoms with van der Waals surface area (Å²) in [5.41, 5.74) is 2.86. The summed E-state index contributed by atoms with van der Waals surface area (Å²) in [5.74, 6) is 0.821. The lowest BCUT2D eigenvalue weighted by Crippen LogP contribution is -2.14. The third kappa shape index (κ3) is 2.95. The molecule has 0 amide bonds. The van der Waals surface area contributed by atoms with E-state index >= 15 is 0 Å². The van der Waals surface area contributed by atoms with Crippen LogP contribution in [0.5, 0.6) is 0 Å². The van der Waals surface area contributed by atoms with Crippen LogP contribution in [0.25, 0.3) is 0 Å². The predicted octanol–water partition coefficient (Wildman–Crippen LogP) is 4.37. The van der Waals surface area contributed by atoms with Crippen molar-refractivity contribution in [2.75, 3.05) is 0 Å². The smallest absolute Gasteiger partial charge is 0.138 e. The van der Waals surface area contributed by atoms with E-state index < -0.39 is 0 Å². The quantitative estimate of drug-likeness (QED) is 0.806. The van der Waals surface area contributed by atoms with E-state index in [1.54, 1.807) is 11.3 Å². The summed E-state index contributed by atoms with van der Waals surface area (Å²) in [7, 11) is 0. The van der Waals surface area contributed by atoms with E-state index in [-0.39, 0.29) is 0 Å². The van der Waals surface area contributed by atoms with Crippen molar-refractivity contribution in [3.05, 3.63) is 57.8 Å². The van der Waals surface area contributed by atoms with Crippen molar-refractivity contribution in [1.82, 2.24) is 0 Å². The van der Waals surface area contributed by atoms with Gasteiger partial charge in [0.2, 0.25) is 0 Å². The van der Waals surface area contributed by atoms with Gasteiger partial charge in [-0.25, -0.2) is 0 Å². The number of fused-ring (bicyclic) bond motifs is 1. The van der Waals surface area contributed by atoms with E-state index in [4.69, 9.17) is 0 Å². The van der Waals surface area contributed by atoms with Crippen LogP contribution in [0, 0.1) is 0 Å². The van der Waals surface area contributed by atoms with Gasteiger partial charge in [-0.05, 0) is 47.8 Å². The molecule has 3 rings (SSSR count). The first-order chi connectivity index (χ1) is 9.33. The Kier molecular flexibility index (Phi) is 3.79. The van der Waals surface area contributed by atoms with E-state index in [1.165, 1.54) is 28.8 Å². The average Bonchev–Trinajstić information content (AvgIpc) is 2.92. The fourth-order valence-electron chi connectivity index (χ4n) is 3.02. The maximum atomic E-state index is 12.2. The Balaban J connectivity index is 1.69. The Bertz CT molecular complexity index is 556. The Morgan fingerprint density at radius 3 is 2.95 bits per heavy atom. The number of hydrogen-bond acceptors (Lipinski definition) is 2. The molecule has 1 aliphatic carbocycles. The first-order valence-corrected chi connectivity index (χ1v) is 7.83. The maximum absolute atomic E-state index is 12.2. The third-order valence-corrected chi connectivity index (χ3v) is 4.80. The van der Waals surface area contributed by atoms with Crippen LogP contribution in [0.4, 0.5) is 0 Å². The predicted molar refractivity (Wildman–Crippen MR) is 79.8 cm³/mol. The van der Waals surface area contributed by atoms with Crippen molar-refractivity contribution < 1.29 is 4.79 Å². The summed E-state index contributed by atoms with van der Waals surface area (Å²) >= 11 is 1.68. The van der Waals surface area contributed by atoms with E-state index in [2.05, 4.69) is 30.3 Å². The number of rotatable bonds is 4. The van der Waals surface area contributed by atoms with Gasteiger partial charge in [-0.2, -0.15) is 0 Å². The molecule has 0 fully saturated rings. The van der Waals surface area contributed by atoms with Gasteiger partial charge in [-0.1, -0.05) is 30.3 Å². The van der Waals surface area contributed by atoms with Gasteiger partial charge in [0.1, 0.15) is 5.78 Å². The number of carbonyl (C=O) groups is 1. The van der Waals surface area contributed by atoms with Gasteiger partial charge < -0.3 is 0 Å². The topological polar surface area (TPSA) is 17.1 Å². The zero-order chi connectivity index (χ0) is 13.1. The summed E-state index contributed by atoms with van der Waals surface area (Å²) in [5, 5.41) is 2.04. The number of ketones is 1. The number of carbonyl (C=O) groups excluding carboxylic acids is 1. The highest BCUT2D eigenvalue weighted by Gasteiger charge is 2.22. The molecule has 1 unspecified atom stereocenters. The fourth-order valence-corrected chi connectivity index (χ4v) is 3.75. The first kappa shape index (κ1) is 12.6. The highest BCUT2D eigenvalue weighted by molar-refractivity contribution is 7.10. The fraction of sp³-hybridized carbons (Fsp3) is 0.353. The largest absolute Gasteiger partial charge is 0.299 e. The molecule has 1 aliphatic rings. The van der Waals surface area contributed by atoms with Gasteiger partial charge in [0.05, 0.1) is 0 Å². The molecule has 1 aromatic carbocycles. The first-order valence-electron chi connectivity index (χ1n) is 6.95. The van der Waals surface area contributed by atoms with Crippen molar-refractivity contribution in [3.8, 4) is 0 Å². The second kappa shape index (κ2) is 5.70. The molecule has 0 radical (unpaired) electrons. The highest BCUT2D eigenvalue weighted by atomic mass is 32.1. The van der Waals surface area contributed by atoms with Gasteiger partial charge in [0.25, 0.3) is 0 Å². The zero-order valence-electron chi connectivity index (χ0n) is 11.0. The summed E-state index contributed by atoms with van der Waals surface area (Å²) in [6, 6.07) is 12.7. The van der Waals surface area contributed by atoms with Crippen LogP contribution >= 0.6 is 11.3 Å². The molecule has 0 bridgehead atoms. The number of thiophene rings is 1. The highest BCUT2D eigenvalue weighted by Crippen LogP contribution is 2.34. The van der Waals surface area contributed by atoms with Gasteiger partial charge in [-0.15, -0.1) is 11.3 Å². The SMILES string of the molecule is O=C(Cc1cccs1)CC1CCCc2ccccc21. The van der Waals surface area contributed by atoms with Crippen LogP contribution in [0.3, 0.4) is 0 Å². The molecule has 1 nitrogen and oxygen atoms in total. The molecule has 98 valence electrons. The molecular formula is C17H18OS. The summed E-state index contributed by atoms with van der Waals surface area (Å²) in [6.07, 6.45) is 4.86. The molecule has 1 atom stereocenters. The number of hydrogen-bond donors (Lipinski definition) is 0. The molecule has 19 heavy (non-hydrogen) atoms. The van der Waals surface area contributed by atoms with Crippen molar-refractivity contribution in [3.63, 3.8) is 0 Å². The van der Waals surface area contributed by atoms with Gasteiger partial charge in [-0.3, -0.25) is 4.79 Å². The second-order valence-electron chi connectivity index (χ2n) is 5.29. The van der Waals surface area contributed by atoms with E-state index in [0.717, 1.165) is 6.42 Å². The summed E-state index contributed by atoms with van der Waals surface area (Å²) in [6.45, 7) is 0. The summed E-state index contributed by atoms with van der Waals surface area (Å²) in [4.78, 5) is 13.4. The molecular weight excluding hydrogens is 252 g/mol. The van der Waals surface area contributed by atoms with Crippen molar-refractivity contribution in [1.29, 1.82) is 0 Å². The Hall–Kier alpha value is -1.41. The Morgan fingerprint density at radius 2 is 2.11 bits per heavy atom. The molecule has 1 heterocycles. The Labute approximate surface area is 118 Å². The minimum absolute atomic E-state index is 0.379. The van der Waals surface area contributed by atoms with Crippen LogP contribution in [0.15, 0.2) is 41.8 Å². The Morgan fingerprint density at radius 1 is 1.21 bits per heavy atom. The van der Waals surface area contributed by atoms with Crippen molar-refractivity contribution in [2.24, 2.45) is 0 Å². The monoisotopic (exact) mass is 270 g/mol. The number of aryl methyl sites for hydroxylation is 1. The average molecular weight is 270 g/mol. The van der Waals surface area contributed by atoms with E-state index in [9.17, 15) is 4.79 Å². The normalized spacial score (nSPS) is 18.0. The lowest BCUT2D eigenvalue weighted by atomic mass is 9.80. The van der Waals surface area contributed by atoms with Crippen LogP contribution in [-0.4, -0.2) is 5.78 Å². The molecule has 2 aromatic rings. The lowest BCUT2D eigenvalue weighted by Gasteiger charge is -2.24. The van der Waals surface area contributed by atoms with Crippen LogP contribution < -0.4 is 0 Å². The van der Waals surface area contributed by atoms with Crippen LogP contribution in [0.1, 0.15) is 41.2 Å². The minimum Gasteiger partial charge on any atom is -0.299 e. The molecule has 0 spiro atoms. The van der Waals surface area contributed by atoms with Crippen LogP contribution in [-0.2, 0) is 17.6 Å². The third-order valence-electron chi connectivity index (χ3n) is 3.92. The minimum atomic E-state index is 0.379. The number of benzene rings is 1. The molecule has 2 heteroatoms. The van der Waals surface area contributed by atoms with E-state index in [1.807, 2.05) is 11.4 Å². The standard InChI is InChI=1S/C17H18OS/c18-15(12-16-8-4-10-19-16)11-14-7-3-6-13-5-1-2-9-17(13)14/h1-2,4-5,8-10,14H,3,6-7,11-12H2.